The maximum absolute atomic E-state index is 11.9. The van der Waals surface area contributed by atoms with Crippen LogP contribution in [0.15, 0.2) is 17.8 Å². The molecule has 1 fully saturated rings. The van der Waals surface area contributed by atoms with E-state index in [4.69, 9.17) is 4.74 Å². The second kappa shape index (κ2) is 5.81. The monoisotopic (exact) mass is 279 g/mol. The van der Waals surface area contributed by atoms with Crippen molar-refractivity contribution in [3.63, 3.8) is 0 Å². The van der Waals surface area contributed by atoms with E-state index in [1.165, 1.54) is 0 Å². The molecule has 1 aliphatic heterocycles. The van der Waals surface area contributed by atoms with Gasteiger partial charge in [-0.2, -0.15) is 0 Å². The SMILES string of the molecule is O=C(COC1CCNCC1)Cc1cn2ccsc2n1. The molecule has 0 spiro atoms. The molecule has 0 saturated carbocycles. The molecule has 5 nitrogen and oxygen atoms in total. The number of Topliss-reactive ketones (excluding diaryl/α,β-unsaturated/α-hetero) is 1. The lowest BCUT2D eigenvalue weighted by atomic mass is 10.1. The van der Waals surface area contributed by atoms with Gasteiger partial charge in [-0.1, -0.05) is 0 Å². The van der Waals surface area contributed by atoms with E-state index in [0.29, 0.717) is 6.42 Å². The smallest absolute Gasteiger partial charge is 0.193 e. The summed E-state index contributed by atoms with van der Waals surface area (Å²) in [4.78, 5) is 17.2. The van der Waals surface area contributed by atoms with Gasteiger partial charge in [-0.25, -0.2) is 4.98 Å². The van der Waals surface area contributed by atoms with Gasteiger partial charge in [-0.15, -0.1) is 11.3 Å². The molecular formula is C13H17N3O2S. The Bertz CT molecular complexity index is 528. The Morgan fingerprint density at radius 3 is 3.16 bits per heavy atom. The number of ketones is 1. The van der Waals surface area contributed by atoms with Crippen LogP contribution in [0.25, 0.3) is 4.96 Å². The summed E-state index contributed by atoms with van der Waals surface area (Å²) in [7, 11) is 0. The van der Waals surface area contributed by atoms with Crippen LogP contribution >= 0.6 is 11.3 Å². The summed E-state index contributed by atoms with van der Waals surface area (Å²) in [6, 6.07) is 0. The van der Waals surface area contributed by atoms with Crippen LogP contribution in [0.3, 0.4) is 0 Å². The first-order valence-corrected chi connectivity index (χ1v) is 7.44. The van der Waals surface area contributed by atoms with Gasteiger partial charge >= 0.3 is 0 Å². The summed E-state index contributed by atoms with van der Waals surface area (Å²) in [6.07, 6.45) is 6.44. The fourth-order valence-corrected chi connectivity index (χ4v) is 3.01. The Balaban J connectivity index is 1.49. The van der Waals surface area contributed by atoms with Crippen molar-refractivity contribution in [2.45, 2.75) is 25.4 Å². The molecule has 6 heteroatoms. The number of nitrogens with one attached hydrogen (secondary N) is 1. The van der Waals surface area contributed by atoms with E-state index in [2.05, 4.69) is 10.3 Å². The zero-order chi connectivity index (χ0) is 13.1. The third-order valence-corrected chi connectivity index (χ3v) is 4.06. The fourth-order valence-electron chi connectivity index (χ4n) is 2.29. The average molecular weight is 279 g/mol. The van der Waals surface area contributed by atoms with Crippen LogP contribution in [0, 0.1) is 0 Å². The third-order valence-electron chi connectivity index (χ3n) is 3.29. The van der Waals surface area contributed by atoms with E-state index in [1.807, 2.05) is 22.2 Å². The van der Waals surface area contributed by atoms with E-state index >= 15 is 0 Å². The van der Waals surface area contributed by atoms with Crippen LogP contribution in [-0.4, -0.2) is 41.0 Å². The molecule has 1 aliphatic rings. The van der Waals surface area contributed by atoms with Crippen molar-refractivity contribution in [2.75, 3.05) is 19.7 Å². The largest absolute Gasteiger partial charge is 0.370 e. The standard InChI is InChI=1S/C13H17N3O2S/c17-11(9-18-12-1-3-14-4-2-12)7-10-8-16-5-6-19-13(16)15-10/h5-6,8,12,14H,1-4,7,9H2. The number of hydrogen-bond acceptors (Lipinski definition) is 5. The van der Waals surface area contributed by atoms with Crippen LogP contribution in [0.5, 0.6) is 0 Å². The first kappa shape index (κ1) is 12.8. The zero-order valence-corrected chi connectivity index (χ0v) is 11.5. The molecule has 0 radical (unpaired) electrons. The topological polar surface area (TPSA) is 55.6 Å². The Morgan fingerprint density at radius 2 is 2.37 bits per heavy atom. The molecule has 0 aromatic carbocycles. The Labute approximate surface area is 115 Å². The number of ether oxygens (including phenoxy) is 1. The Hall–Kier alpha value is -1.24. The number of imidazole rings is 1. The number of hydrogen-bond donors (Lipinski definition) is 1. The van der Waals surface area contributed by atoms with Crippen LogP contribution in [-0.2, 0) is 16.0 Å². The van der Waals surface area contributed by atoms with Gasteiger partial charge in [-0.3, -0.25) is 9.20 Å². The van der Waals surface area contributed by atoms with Crippen molar-refractivity contribution >= 4 is 22.1 Å². The van der Waals surface area contributed by atoms with E-state index in [1.54, 1.807) is 11.3 Å². The molecule has 2 aromatic heterocycles. The summed E-state index contributed by atoms with van der Waals surface area (Å²) in [5.41, 5.74) is 0.825. The Kier molecular flexibility index (Phi) is 3.91. The molecule has 0 aliphatic carbocycles. The van der Waals surface area contributed by atoms with E-state index < -0.39 is 0 Å². The van der Waals surface area contributed by atoms with Gasteiger partial charge in [0.15, 0.2) is 10.7 Å². The molecule has 1 saturated heterocycles. The summed E-state index contributed by atoms with van der Waals surface area (Å²) in [6.45, 7) is 2.17. The molecule has 0 amide bonds. The van der Waals surface area contributed by atoms with Crippen LogP contribution in [0.1, 0.15) is 18.5 Å². The van der Waals surface area contributed by atoms with Gasteiger partial charge in [0.1, 0.15) is 6.61 Å². The number of carbonyl (C=O) groups is 1. The lowest BCUT2D eigenvalue weighted by Crippen LogP contribution is -2.33. The lowest BCUT2D eigenvalue weighted by Gasteiger charge is -2.22. The number of thiazole rings is 1. The molecule has 1 N–H and O–H groups in total. The highest BCUT2D eigenvalue weighted by molar-refractivity contribution is 7.15. The quantitative estimate of drug-likeness (QED) is 0.895. The average Bonchev–Trinajstić information content (AvgIpc) is 2.98. The molecule has 0 atom stereocenters. The highest BCUT2D eigenvalue weighted by Gasteiger charge is 2.15. The predicted molar refractivity (Wildman–Crippen MR) is 73.6 cm³/mol. The maximum Gasteiger partial charge on any atom is 0.193 e. The minimum absolute atomic E-state index is 0.101. The highest BCUT2D eigenvalue weighted by atomic mass is 32.1. The number of piperidine rings is 1. The summed E-state index contributed by atoms with van der Waals surface area (Å²) in [5.74, 6) is 0.101. The third kappa shape index (κ3) is 3.20. The zero-order valence-electron chi connectivity index (χ0n) is 10.7. The van der Waals surface area contributed by atoms with Gasteiger partial charge in [0.05, 0.1) is 18.2 Å². The van der Waals surface area contributed by atoms with E-state index in [-0.39, 0.29) is 18.5 Å². The van der Waals surface area contributed by atoms with Gasteiger partial charge in [0.2, 0.25) is 0 Å². The van der Waals surface area contributed by atoms with Gasteiger partial charge in [-0.05, 0) is 25.9 Å². The number of fused-ring (bicyclic) bond motifs is 1. The van der Waals surface area contributed by atoms with Crippen molar-refractivity contribution in [1.82, 2.24) is 14.7 Å². The minimum Gasteiger partial charge on any atom is -0.370 e. The van der Waals surface area contributed by atoms with Crippen molar-refractivity contribution in [3.05, 3.63) is 23.5 Å². The molecule has 19 heavy (non-hydrogen) atoms. The number of nitrogens with zero attached hydrogens (tertiary/aromatic N) is 2. The molecular weight excluding hydrogens is 262 g/mol. The molecule has 0 bridgehead atoms. The lowest BCUT2D eigenvalue weighted by molar-refractivity contribution is -0.125. The first-order valence-electron chi connectivity index (χ1n) is 6.56. The van der Waals surface area contributed by atoms with E-state index in [0.717, 1.165) is 36.6 Å². The molecule has 3 rings (SSSR count). The van der Waals surface area contributed by atoms with Crippen LogP contribution in [0.2, 0.25) is 0 Å². The molecule has 3 heterocycles. The fraction of sp³-hybridized carbons (Fsp3) is 0.538. The minimum atomic E-state index is 0.101. The molecule has 0 unspecified atom stereocenters. The van der Waals surface area contributed by atoms with Gasteiger partial charge in [0.25, 0.3) is 0 Å². The van der Waals surface area contributed by atoms with Crippen molar-refractivity contribution in [2.24, 2.45) is 0 Å². The van der Waals surface area contributed by atoms with E-state index in [9.17, 15) is 4.79 Å². The van der Waals surface area contributed by atoms with Crippen LogP contribution in [0.4, 0.5) is 0 Å². The predicted octanol–water partition coefficient (Wildman–Crippen LogP) is 1.28. The number of aromatic nitrogens is 2. The van der Waals surface area contributed by atoms with Crippen molar-refractivity contribution < 1.29 is 9.53 Å². The second-order valence-corrected chi connectivity index (χ2v) is 5.67. The van der Waals surface area contributed by atoms with Gasteiger partial charge < -0.3 is 10.1 Å². The van der Waals surface area contributed by atoms with Crippen molar-refractivity contribution in [1.29, 1.82) is 0 Å². The highest BCUT2D eigenvalue weighted by Crippen LogP contribution is 2.12. The summed E-state index contributed by atoms with van der Waals surface area (Å²) < 4.78 is 7.60. The van der Waals surface area contributed by atoms with Crippen molar-refractivity contribution in [3.8, 4) is 0 Å². The maximum atomic E-state index is 11.9. The van der Waals surface area contributed by atoms with Crippen LogP contribution < -0.4 is 5.32 Å². The normalized spacial score (nSPS) is 17.1. The first-order chi connectivity index (χ1) is 9.31. The summed E-state index contributed by atoms with van der Waals surface area (Å²) >= 11 is 1.57. The number of rotatable bonds is 5. The van der Waals surface area contributed by atoms with Gasteiger partial charge in [0, 0.05) is 17.8 Å². The summed E-state index contributed by atoms with van der Waals surface area (Å²) in [5, 5.41) is 5.26. The Morgan fingerprint density at radius 1 is 1.53 bits per heavy atom. The molecule has 2 aromatic rings. The number of carbonyl (C=O) groups excluding carboxylic acids is 1. The molecule has 102 valence electrons. The second-order valence-electron chi connectivity index (χ2n) is 4.80.